The third-order valence-corrected chi connectivity index (χ3v) is 2.83. The molecule has 0 unspecified atom stereocenters. The van der Waals surface area contributed by atoms with Crippen molar-refractivity contribution in [1.82, 2.24) is 0 Å². The minimum absolute atomic E-state index is 0.763. The van der Waals surface area contributed by atoms with Gasteiger partial charge in [-0.15, -0.1) is 0 Å². The molecule has 0 amide bonds. The summed E-state index contributed by atoms with van der Waals surface area (Å²) in [6, 6.07) is 16.0. The Hall–Kier alpha value is -1.48. The van der Waals surface area contributed by atoms with Gasteiger partial charge in [0.05, 0.1) is 11.4 Å². The van der Waals surface area contributed by atoms with Gasteiger partial charge < -0.3 is 11.1 Å². The molecule has 0 bridgehead atoms. The summed E-state index contributed by atoms with van der Waals surface area (Å²) >= 11 is 3.43. The molecule has 0 radical (unpaired) electrons. The molecule has 0 atom stereocenters. The van der Waals surface area contributed by atoms with E-state index in [1.54, 1.807) is 0 Å². The fourth-order valence-corrected chi connectivity index (χ4v) is 1.84. The molecule has 0 saturated carbocycles. The summed E-state index contributed by atoms with van der Waals surface area (Å²) in [6.07, 6.45) is 0. The largest absolute Gasteiger partial charge is 0.397 e. The normalized spacial score (nSPS) is 10.1. The molecule has 0 saturated heterocycles. The maximum atomic E-state index is 5.87. The Labute approximate surface area is 104 Å². The number of anilines is 2. The molecule has 2 aromatic carbocycles. The zero-order chi connectivity index (χ0) is 11.4. The van der Waals surface area contributed by atoms with Crippen LogP contribution >= 0.6 is 15.9 Å². The number of nitrogens with two attached hydrogens (primary N) is 1. The third kappa shape index (κ3) is 2.76. The maximum Gasteiger partial charge on any atom is 0.0587 e. The van der Waals surface area contributed by atoms with Crippen molar-refractivity contribution in [2.24, 2.45) is 0 Å². The fourth-order valence-electron chi connectivity index (χ4n) is 1.47. The molecule has 0 spiro atoms. The van der Waals surface area contributed by atoms with Crippen molar-refractivity contribution in [1.29, 1.82) is 0 Å². The van der Waals surface area contributed by atoms with E-state index in [0.717, 1.165) is 22.4 Å². The number of nitrogens with one attached hydrogen (secondary N) is 1. The van der Waals surface area contributed by atoms with Crippen molar-refractivity contribution in [2.75, 3.05) is 11.1 Å². The Morgan fingerprint density at radius 3 is 2.56 bits per heavy atom. The van der Waals surface area contributed by atoms with E-state index in [1.807, 2.05) is 36.4 Å². The van der Waals surface area contributed by atoms with Crippen LogP contribution in [-0.2, 0) is 6.54 Å². The van der Waals surface area contributed by atoms with Crippen LogP contribution < -0.4 is 11.1 Å². The van der Waals surface area contributed by atoms with E-state index in [2.05, 4.69) is 33.4 Å². The number of rotatable bonds is 3. The van der Waals surface area contributed by atoms with Crippen LogP contribution in [0.4, 0.5) is 11.4 Å². The van der Waals surface area contributed by atoms with E-state index in [0.29, 0.717) is 0 Å². The SMILES string of the molecule is Nc1ccc(Br)cc1NCc1ccccc1. The summed E-state index contributed by atoms with van der Waals surface area (Å²) in [4.78, 5) is 0. The summed E-state index contributed by atoms with van der Waals surface area (Å²) < 4.78 is 1.03. The quantitative estimate of drug-likeness (QED) is 0.840. The van der Waals surface area contributed by atoms with Gasteiger partial charge in [-0.05, 0) is 23.8 Å². The molecule has 0 heterocycles. The van der Waals surface area contributed by atoms with Gasteiger partial charge >= 0.3 is 0 Å². The van der Waals surface area contributed by atoms with Crippen LogP contribution in [0.1, 0.15) is 5.56 Å². The molecule has 2 nitrogen and oxygen atoms in total. The van der Waals surface area contributed by atoms with E-state index in [-0.39, 0.29) is 0 Å². The van der Waals surface area contributed by atoms with E-state index in [4.69, 9.17) is 5.73 Å². The van der Waals surface area contributed by atoms with Gasteiger partial charge in [0.2, 0.25) is 0 Å². The smallest absolute Gasteiger partial charge is 0.0587 e. The molecule has 16 heavy (non-hydrogen) atoms. The first-order valence-corrected chi connectivity index (χ1v) is 5.88. The lowest BCUT2D eigenvalue weighted by molar-refractivity contribution is 1.15. The second kappa shape index (κ2) is 5.03. The van der Waals surface area contributed by atoms with Crippen LogP contribution in [0.3, 0.4) is 0 Å². The number of halogens is 1. The molecule has 0 aliphatic carbocycles. The molecular formula is C13H13BrN2. The first-order chi connectivity index (χ1) is 7.75. The van der Waals surface area contributed by atoms with Crippen LogP contribution in [0.2, 0.25) is 0 Å². The molecule has 0 aromatic heterocycles. The highest BCUT2D eigenvalue weighted by Crippen LogP contribution is 2.23. The van der Waals surface area contributed by atoms with Crippen molar-refractivity contribution >= 4 is 27.3 Å². The monoisotopic (exact) mass is 276 g/mol. The van der Waals surface area contributed by atoms with Crippen LogP contribution in [0.15, 0.2) is 53.0 Å². The van der Waals surface area contributed by atoms with E-state index < -0.39 is 0 Å². The van der Waals surface area contributed by atoms with Gasteiger partial charge in [0.15, 0.2) is 0 Å². The van der Waals surface area contributed by atoms with E-state index in [1.165, 1.54) is 5.56 Å². The standard InChI is InChI=1S/C13H13BrN2/c14-11-6-7-12(15)13(8-11)16-9-10-4-2-1-3-5-10/h1-8,16H,9,15H2. The molecule has 3 N–H and O–H groups in total. The minimum atomic E-state index is 0.763. The van der Waals surface area contributed by atoms with Gasteiger partial charge in [-0.2, -0.15) is 0 Å². The topological polar surface area (TPSA) is 38.0 Å². The molecule has 82 valence electrons. The summed E-state index contributed by atoms with van der Waals surface area (Å²) in [5.41, 5.74) is 8.83. The number of nitrogen functional groups attached to an aromatic ring is 1. The molecule has 0 aliphatic rings. The zero-order valence-electron chi connectivity index (χ0n) is 8.78. The van der Waals surface area contributed by atoms with Gasteiger partial charge in [-0.1, -0.05) is 46.3 Å². The predicted octanol–water partition coefficient (Wildman–Crippen LogP) is 3.64. The summed E-state index contributed by atoms with van der Waals surface area (Å²) in [5.74, 6) is 0. The van der Waals surface area contributed by atoms with Crippen molar-refractivity contribution in [3.05, 3.63) is 58.6 Å². The van der Waals surface area contributed by atoms with Crippen LogP contribution in [0.5, 0.6) is 0 Å². The molecule has 2 aromatic rings. The maximum absolute atomic E-state index is 5.87. The Morgan fingerprint density at radius 1 is 1.06 bits per heavy atom. The van der Waals surface area contributed by atoms with Crippen LogP contribution in [0.25, 0.3) is 0 Å². The van der Waals surface area contributed by atoms with Crippen LogP contribution in [0, 0.1) is 0 Å². The molecule has 2 rings (SSSR count). The Morgan fingerprint density at radius 2 is 1.81 bits per heavy atom. The number of benzene rings is 2. The second-order valence-corrected chi connectivity index (χ2v) is 4.49. The molecule has 0 fully saturated rings. The van der Waals surface area contributed by atoms with Crippen LogP contribution in [-0.4, -0.2) is 0 Å². The highest BCUT2D eigenvalue weighted by Gasteiger charge is 1.99. The average Bonchev–Trinajstić information content (AvgIpc) is 2.32. The lowest BCUT2D eigenvalue weighted by Gasteiger charge is -2.09. The highest BCUT2D eigenvalue weighted by atomic mass is 79.9. The second-order valence-electron chi connectivity index (χ2n) is 3.57. The first kappa shape index (κ1) is 11.0. The Kier molecular flexibility index (Phi) is 3.47. The number of hydrogen-bond acceptors (Lipinski definition) is 2. The summed E-state index contributed by atoms with van der Waals surface area (Å²) in [7, 11) is 0. The van der Waals surface area contributed by atoms with Crippen molar-refractivity contribution in [3.8, 4) is 0 Å². The van der Waals surface area contributed by atoms with Gasteiger partial charge in [-0.3, -0.25) is 0 Å². The van der Waals surface area contributed by atoms with Gasteiger partial charge in [-0.25, -0.2) is 0 Å². The third-order valence-electron chi connectivity index (χ3n) is 2.34. The minimum Gasteiger partial charge on any atom is -0.397 e. The first-order valence-electron chi connectivity index (χ1n) is 5.08. The Bertz CT molecular complexity index is 469. The number of hydrogen-bond donors (Lipinski definition) is 2. The summed E-state index contributed by atoms with van der Waals surface area (Å²) in [6.45, 7) is 0.779. The van der Waals surface area contributed by atoms with E-state index in [9.17, 15) is 0 Å². The molecule has 0 aliphatic heterocycles. The van der Waals surface area contributed by atoms with Crippen molar-refractivity contribution < 1.29 is 0 Å². The zero-order valence-corrected chi connectivity index (χ0v) is 10.4. The molecule has 3 heteroatoms. The van der Waals surface area contributed by atoms with Gasteiger partial charge in [0, 0.05) is 11.0 Å². The fraction of sp³-hybridized carbons (Fsp3) is 0.0769. The lowest BCUT2D eigenvalue weighted by atomic mass is 10.2. The highest BCUT2D eigenvalue weighted by molar-refractivity contribution is 9.10. The van der Waals surface area contributed by atoms with Gasteiger partial charge in [0.25, 0.3) is 0 Å². The molecular weight excluding hydrogens is 264 g/mol. The van der Waals surface area contributed by atoms with Gasteiger partial charge in [0.1, 0.15) is 0 Å². The van der Waals surface area contributed by atoms with Crippen molar-refractivity contribution in [2.45, 2.75) is 6.54 Å². The summed E-state index contributed by atoms with van der Waals surface area (Å²) in [5, 5.41) is 3.32. The lowest BCUT2D eigenvalue weighted by Crippen LogP contribution is -2.02. The average molecular weight is 277 g/mol. The van der Waals surface area contributed by atoms with Crippen molar-refractivity contribution in [3.63, 3.8) is 0 Å². The Balaban J connectivity index is 2.08. The predicted molar refractivity (Wildman–Crippen MR) is 72.3 cm³/mol. The van der Waals surface area contributed by atoms with E-state index >= 15 is 0 Å².